The summed E-state index contributed by atoms with van der Waals surface area (Å²) in [5.74, 6) is -24.3. The van der Waals surface area contributed by atoms with E-state index in [1.54, 1.807) is 0 Å². The first-order chi connectivity index (χ1) is 17.2. The number of aromatic hydroxyl groups is 2. The monoisotopic (exact) mass is 670 g/mol. The second-order valence-electron chi connectivity index (χ2n) is 6.45. The molecule has 0 aliphatic carbocycles. The Labute approximate surface area is 212 Å². The van der Waals surface area contributed by atoms with E-state index in [9.17, 15) is 78.3 Å². The zero-order chi connectivity index (χ0) is 32.8. The maximum atomic E-state index is 12.3. The molecule has 0 saturated heterocycles. The van der Waals surface area contributed by atoms with Crippen molar-refractivity contribution in [2.75, 3.05) is 13.2 Å². The van der Waals surface area contributed by atoms with Crippen LogP contribution in [0.15, 0.2) is 24.3 Å². The molecule has 0 aliphatic rings. The van der Waals surface area contributed by atoms with Gasteiger partial charge in [0.15, 0.2) is 0 Å². The fourth-order valence-electron chi connectivity index (χ4n) is 1.35. The lowest BCUT2D eigenvalue weighted by atomic mass is 10.2. The van der Waals surface area contributed by atoms with Crippen LogP contribution in [0.4, 0.5) is 61.5 Å². The highest BCUT2D eigenvalue weighted by Gasteiger charge is 2.74. The molecule has 0 unspecified atom stereocenters. The van der Waals surface area contributed by atoms with E-state index in [-0.39, 0.29) is 11.5 Å². The summed E-state index contributed by atoms with van der Waals surface area (Å²) in [7, 11) is -11.1. The number of halogens is 14. The molecule has 10 nitrogen and oxygen atoms in total. The van der Waals surface area contributed by atoms with Crippen LogP contribution in [0.3, 0.4) is 0 Å². The summed E-state index contributed by atoms with van der Waals surface area (Å²) >= 11 is 0. The van der Waals surface area contributed by atoms with Crippen molar-refractivity contribution in [2.45, 2.75) is 36.0 Å². The van der Waals surface area contributed by atoms with E-state index in [4.69, 9.17) is 19.3 Å². The third-order valence-electron chi connectivity index (χ3n) is 3.26. The molecule has 0 aromatic heterocycles. The van der Waals surface area contributed by atoms with Gasteiger partial charge in [0.05, 0.1) is 0 Å². The number of hydrogen-bond acceptors (Lipinski definition) is 8. The Balaban J connectivity index is 0. The van der Waals surface area contributed by atoms with Gasteiger partial charge < -0.3 is 10.2 Å². The van der Waals surface area contributed by atoms with Crippen LogP contribution in [0.5, 0.6) is 11.5 Å². The average molecular weight is 670 g/mol. The molecule has 0 spiro atoms. The molecule has 40 heavy (non-hydrogen) atoms. The highest BCUT2D eigenvalue weighted by atomic mass is 32.3. The molecule has 0 saturated carbocycles. The van der Waals surface area contributed by atoms with Crippen LogP contribution in [-0.4, -0.2) is 85.4 Å². The smallest absolute Gasteiger partial charge is 0.459 e. The first-order valence-electron chi connectivity index (χ1n) is 8.56. The zero-order valence-corrected chi connectivity index (χ0v) is 19.7. The van der Waals surface area contributed by atoms with Crippen molar-refractivity contribution in [1.29, 1.82) is 0 Å². The summed E-state index contributed by atoms with van der Waals surface area (Å²) in [5, 5.41) is 17.3. The van der Waals surface area contributed by atoms with Gasteiger partial charge in [0.2, 0.25) is 0 Å². The minimum absolute atomic E-state index is 0.169. The fraction of sp³-hybridized carbons (Fsp3) is 0.571. The largest absolute Gasteiger partial charge is 0.508 e. The van der Waals surface area contributed by atoms with Gasteiger partial charge in [0, 0.05) is 0 Å². The normalized spacial score (nSPS) is 14.0. The standard InChI is InChI=1S/C6H6O2.2C4H3F7O4S/c7-5-1-2-6(8)4-3-5;2*5-2(6,1-15-16(12,13)14)3(7,8)4(9,10)11/h1-4,7-8H;2*1H2,(H,12,13,14). The van der Waals surface area contributed by atoms with Crippen LogP contribution >= 0.6 is 0 Å². The van der Waals surface area contributed by atoms with Crippen molar-refractivity contribution in [3.05, 3.63) is 24.3 Å². The summed E-state index contributed by atoms with van der Waals surface area (Å²) in [4.78, 5) is 0. The number of phenols is 2. The lowest BCUT2D eigenvalue weighted by Gasteiger charge is -2.27. The van der Waals surface area contributed by atoms with Gasteiger partial charge >= 0.3 is 56.8 Å². The average Bonchev–Trinajstić information content (AvgIpc) is 2.71. The minimum Gasteiger partial charge on any atom is -0.508 e. The maximum absolute atomic E-state index is 12.3. The van der Waals surface area contributed by atoms with E-state index in [1.807, 2.05) is 0 Å². The number of alkyl halides is 14. The van der Waals surface area contributed by atoms with Gasteiger partial charge in [-0.05, 0) is 24.3 Å². The van der Waals surface area contributed by atoms with Crippen LogP contribution in [0.1, 0.15) is 0 Å². The van der Waals surface area contributed by atoms with Crippen LogP contribution in [0.2, 0.25) is 0 Å². The Morgan fingerprint density at radius 1 is 0.525 bits per heavy atom. The number of hydrogen-bond donors (Lipinski definition) is 4. The molecule has 4 N–H and O–H groups in total. The Hall–Kier alpha value is -2.42. The summed E-state index contributed by atoms with van der Waals surface area (Å²) in [6, 6.07) is 5.70. The summed E-state index contributed by atoms with van der Waals surface area (Å²) in [6.07, 6.45) is -13.2. The number of benzene rings is 1. The highest BCUT2D eigenvalue weighted by Crippen LogP contribution is 2.47. The van der Waals surface area contributed by atoms with Crippen LogP contribution in [0, 0.1) is 0 Å². The summed E-state index contributed by atoms with van der Waals surface area (Å²) < 4.78 is 226. The maximum Gasteiger partial charge on any atom is 0.459 e. The molecular weight excluding hydrogens is 658 g/mol. The van der Waals surface area contributed by atoms with Crippen LogP contribution < -0.4 is 0 Å². The van der Waals surface area contributed by atoms with E-state index in [0.717, 1.165) is 0 Å². The predicted octanol–water partition coefficient (Wildman–Crippen LogP) is 4.38. The molecule has 26 heteroatoms. The number of phenolic OH excluding ortho intramolecular Hbond substituents is 2. The van der Waals surface area contributed by atoms with Gasteiger partial charge in [-0.1, -0.05) is 0 Å². The summed E-state index contributed by atoms with van der Waals surface area (Å²) in [6.45, 7) is -5.67. The van der Waals surface area contributed by atoms with E-state index in [0.29, 0.717) is 0 Å². The van der Waals surface area contributed by atoms with Gasteiger partial charge in [-0.2, -0.15) is 78.3 Å². The molecule has 0 radical (unpaired) electrons. The molecule has 1 rings (SSSR count). The van der Waals surface area contributed by atoms with Crippen molar-refractivity contribution in [3.63, 3.8) is 0 Å². The molecule has 0 aliphatic heterocycles. The molecule has 0 bridgehead atoms. The topological polar surface area (TPSA) is 168 Å². The van der Waals surface area contributed by atoms with Crippen LogP contribution in [-0.2, 0) is 29.2 Å². The fourth-order valence-corrected chi connectivity index (χ4v) is 1.94. The quantitative estimate of drug-likeness (QED) is 0.177. The number of rotatable bonds is 8. The third-order valence-corrected chi connectivity index (χ3v) is 4.09. The first-order valence-corrected chi connectivity index (χ1v) is 11.3. The van der Waals surface area contributed by atoms with Crippen molar-refractivity contribution >= 4 is 20.8 Å². The molecule has 0 fully saturated rings. The van der Waals surface area contributed by atoms with Crippen molar-refractivity contribution < 1.29 is 106 Å². The van der Waals surface area contributed by atoms with Gasteiger partial charge in [-0.15, -0.1) is 0 Å². The van der Waals surface area contributed by atoms with Crippen molar-refractivity contribution in [2.24, 2.45) is 0 Å². The van der Waals surface area contributed by atoms with E-state index in [1.165, 1.54) is 24.3 Å². The second-order valence-corrected chi connectivity index (χ2v) is 8.63. The van der Waals surface area contributed by atoms with Crippen molar-refractivity contribution in [3.8, 4) is 11.5 Å². The highest BCUT2D eigenvalue weighted by molar-refractivity contribution is 7.81. The molecule has 0 amide bonds. The SMILES string of the molecule is O=S(=O)(O)OCC(F)(F)C(F)(F)C(F)(F)F.O=S(=O)(O)OCC(F)(F)C(F)(F)C(F)(F)F.Oc1ccc(O)cc1. The lowest BCUT2D eigenvalue weighted by molar-refractivity contribution is -0.358. The molecule has 0 heterocycles. The predicted molar refractivity (Wildman–Crippen MR) is 96.7 cm³/mol. The molecule has 0 atom stereocenters. The van der Waals surface area contributed by atoms with Gasteiger partial charge in [-0.25, -0.2) is 8.37 Å². The summed E-state index contributed by atoms with van der Waals surface area (Å²) in [5.41, 5.74) is 0. The van der Waals surface area contributed by atoms with Crippen molar-refractivity contribution in [1.82, 2.24) is 0 Å². The van der Waals surface area contributed by atoms with Gasteiger partial charge in [0.1, 0.15) is 24.7 Å². The Kier molecular flexibility index (Phi) is 13.0. The zero-order valence-electron chi connectivity index (χ0n) is 18.1. The molecule has 238 valence electrons. The Morgan fingerprint density at radius 2 is 0.725 bits per heavy atom. The molecule has 1 aromatic rings. The first kappa shape index (κ1) is 39.7. The van der Waals surface area contributed by atoms with Gasteiger partial charge in [0.25, 0.3) is 0 Å². The van der Waals surface area contributed by atoms with Crippen LogP contribution in [0.25, 0.3) is 0 Å². The molecule has 1 aromatic carbocycles. The van der Waals surface area contributed by atoms with E-state index in [2.05, 4.69) is 8.37 Å². The molecular formula is C14H12F14O10S2. The Morgan fingerprint density at radius 3 is 0.875 bits per heavy atom. The third kappa shape index (κ3) is 12.8. The lowest BCUT2D eigenvalue weighted by Crippen LogP contribution is -2.54. The Bertz CT molecular complexity index is 1060. The minimum atomic E-state index is -6.58. The van der Waals surface area contributed by atoms with E-state index < -0.39 is 70.1 Å². The van der Waals surface area contributed by atoms with Gasteiger partial charge in [-0.3, -0.25) is 9.11 Å². The van der Waals surface area contributed by atoms with E-state index >= 15 is 0 Å². The second kappa shape index (κ2) is 13.0.